The topological polar surface area (TPSA) is 38.7 Å². The molecule has 3 nitrogen and oxygen atoms in total. The van der Waals surface area contributed by atoms with Crippen LogP contribution in [0.15, 0.2) is 116 Å². The van der Waals surface area contributed by atoms with Crippen molar-refractivity contribution in [2.45, 2.75) is 13.8 Å². The van der Waals surface area contributed by atoms with Gasteiger partial charge in [0.15, 0.2) is 0 Å². The summed E-state index contributed by atoms with van der Waals surface area (Å²) in [5.74, 6) is 0.716. The quantitative estimate of drug-likeness (QED) is 0.136. The predicted octanol–water partition coefficient (Wildman–Crippen LogP) is 8.57. The maximum Gasteiger partial charge on any atom is 0.0755 e. The van der Waals surface area contributed by atoms with Gasteiger partial charge in [0.25, 0.3) is 0 Å². The number of hydrogen-bond donors (Lipinski definition) is 0. The molecule has 0 spiro atoms. The second-order valence-electron chi connectivity index (χ2n) is 9.37. The molecule has 5 aromatic carbocycles. The van der Waals surface area contributed by atoms with Crippen LogP contribution in [0, 0.1) is 26.0 Å². The van der Waals surface area contributed by atoms with Gasteiger partial charge in [-0.3, -0.25) is 9.97 Å². The summed E-state index contributed by atoms with van der Waals surface area (Å²) in [7, 11) is 0. The van der Waals surface area contributed by atoms with E-state index in [0.29, 0.717) is 5.82 Å². The number of pyridine rings is 1. The Morgan fingerprint density at radius 2 is 1.44 bits per heavy atom. The second kappa shape index (κ2) is 11.7. The Hall–Kier alpha value is -4.24. The molecule has 2 aromatic heterocycles. The number of aryl methyl sites for hydroxylation is 2. The molecule has 0 bridgehead atoms. The molecule has 0 unspecified atom stereocenters. The van der Waals surface area contributed by atoms with Crippen LogP contribution in [-0.2, 0) is 20.1 Å². The molecule has 191 valence electrons. The molecule has 0 saturated heterocycles. The number of benzene rings is 5. The van der Waals surface area contributed by atoms with Gasteiger partial charge in [0.2, 0.25) is 0 Å². The third-order valence-electron chi connectivity index (χ3n) is 6.57. The fraction of sp³-hybridized carbons (Fsp3) is 0.0571. The Kier molecular flexibility index (Phi) is 7.88. The largest absolute Gasteiger partial charge is 0.305 e. The van der Waals surface area contributed by atoms with Crippen LogP contribution < -0.4 is 0 Å². The van der Waals surface area contributed by atoms with E-state index in [4.69, 9.17) is 0 Å². The average molecular weight is 680 g/mol. The monoisotopic (exact) mass is 680 g/mol. The number of nitrogens with zero attached hydrogens (tertiary/aromatic N) is 3. The van der Waals surface area contributed by atoms with E-state index < -0.39 is 0 Å². The van der Waals surface area contributed by atoms with Gasteiger partial charge < -0.3 is 4.98 Å². The molecule has 0 aliphatic heterocycles. The fourth-order valence-corrected chi connectivity index (χ4v) is 4.73. The van der Waals surface area contributed by atoms with Gasteiger partial charge in [-0.2, -0.15) is 0 Å². The zero-order valence-electron chi connectivity index (χ0n) is 21.6. The summed E-state index contributed by atoms with van der Waals surface area (Å²) in [6.45, 7) is 4.27. The molecule has 0 saturated carbocycles. The van der Waals surface area contributed by atoms with Crippen molar-refractivity contribution in [2.75, 3.05) is 0 Å². The third-order valence-corrected chi connectivity index (χ3v) is 6.57. The van der Waals surface area contributed by atoms with Gasteiger partial charge in [0.05, 0.1) is 11.3 Å². The van der Waals surface area contributed by atoms with E-state index in [9.17, 15) is 0 Å². The minimum atomic E-state index is 0. The number of fused-ring (bicyclic) bond motifs is 3. The second-order valence-corrected chi connectivity index (χ2v) is 9.37. The van der Waals surface area contributed by atoms with Crippen LogP contribution >= 0.6 is 0 Å². The zero-order chi connectivity index (χ0) is 25.9. The van der Waals surface area contributed by atoms with Crippen LogP contribution in [0.3, 0.4) is 0 Å². The molecule has 0 aliphatic rings. The first kappa shape index (κ1) is 26.4. The van der Waals surface area contributed by atoms with E-state index >= 15 is 0 Å². The summed E-state index contributed by atoms with van der Waals surface area (Å²) in [5, 5.41) is 5.99. The van der Waals surface area contributed by atoms with E-state index in [-0.39, 0.29) is 20.1 Å². The first-order valence-corrected chi connectivity index (χ1v) is 12.6. The Morgan fingerprint density at radius 1 is 0.641 bits per heavy atom. The van der Waals surface area contributed by atoms with E-state index in [1.807, 2.05) is 67.0 Å². The van der Waals surface area contributed by atoms with Crippen molar-refractivity contribution in [2.24, 2.45) is 0 Å². The molecule has 1 radical (unpaired) electrons. The van der Waals surface area contributed by atoms with Crippen LogP contribution in [0.25, 0.3) is 55.1 Å². The van der Waals surface area contributed by atoms with Crippen LogP contribution in [0.5, 0.6) is 0 Å². The molecule has 39 heavy (non-hydrogen) atoms. The van der Waals surface area contributed by atoms with Crippen molar-refractivity contribution < 1.29 is 20.1 Å². The third kappa shape index (κ3) is 5.78. The summed E-state index contributed by atoms with van der Waals surface area (Å²) in [6, 6.07) is 41.4. The molecular weight excluding hydrogens is 655 g/mol. The molecule has 0 atom stereocenters. The Balaban J connectivity index is 0.000000155. The molecule has 0 amide bonds. The Labute approximate surface area is 242 Å². The van der Waals surface area contributed by atoms with Gasteiger partial charge in [-0.05, 0) is 48.5 Å². The van der Waals surface area contributed by atoms with Crippen molar-refractivity contribution in [1.29, 1.82) is 0 Å². The molecule has 0 aliphatic carbocycles. The molecule has 0 N–H and O–H groups in total. The normalized spacial score (nSPS) is 10.6. The summed E-state index contributed by atoms with van der Waals surface area (Å²) in [5.41, 5.74) is 6.49. The first-order valence-electron chi connectivity index (χ1n) is 12.6. The minimum Gasteiger partial charge on any atom is -0.305 e. The zero-order valence-corrected chi connectivity index (χ0v) is 24.0. The van der Waals surface area contributed by atoms with Gasteiger partial charge in [-0.15, -0.1) is 65.0 Å². The molecular formula is C35H25IrN3-2. The number of aromatic nitrogens is 3. The molecule has 7 aromatic rings. The Morgan fingerprint density at radius 3 is 2.21 bits per heavy atom. The van der Waals surface area contributed by atoms with Crippen molar-refractivity contribution in [3.8, 4) is 22.6 Å². The first-order chi connectivity index (χ1) is 18.6. The molecule has 7 rings (SSSR count). The summed E-state index contributed by atoms with van der Waals surface area (Å²) >= 11 is 0. The van der Waals surface area contributed by atoms with Crippen molar-refractivity contribution in [1.82, 2.24) is 15.0 Å². The van der Waals surface area contributed by atoms with Gasteiger partial charge in [-0.1, -0.05) is 65.0 Å². The smallest absolute Gasteiger partial charge is 0.0755 e. The standard InChI is InChI=1S/C18H11N2.C17H14N.Ir/c1-2-6-13(7-3-1)18-19-12-16-10-14-8-4-5-9-15(14)11-17(16)20-18;1-12-9-13(2)16-7-6-14(11-15(16)10-12)17-5-3-4-8-18-17;/h1-6,8-12H;3-5,7-11H,1-2H3;/q2*-1;. The molecule has 4 heteroatoms. The average Bonchev–Trinajstić information content (AvgIpc) is 2.96. The maximum atomic E-state index is 4.65. The van der Waals surface area contributed by atoms with Crippen molar-refractivity contribution in [3.05, 3.63) is 139 Å². The fourth-order valence-electron chi connectivity index (χ4n) is 4.73. The van der Waals surface area contributed by atoms with E-state index in [1.54, 1.807) is 0 Å². The minimum absolute atomic E-state index is 0. The van der Waals surface area contributed by atoms with Gasteiger partial charge in [0.1, 0.15) is 0 Å². The van der Waals surface area contributed by atoms with E-state index in [1.165, 1.54) is 32.7 Å². The summed E-state index contributed by atoms with van der Waals surface area (Å²) < 4.78 is 0. The van der Waals surface area contributed by atoms with Gasteiger partial charge in [-0.25, -0.2) is 0 Å². The van der Waals surface area contributed by atoms with Crippen LogP contribution in [0.2, 0.25) is 0 Å². The van der Waals surface area contributed by atoms with Gasteiger partial charge in [0, 0.05) is 37.9 Å². The number of hydrogen-bond acceptors (Lipinski definition) is 3. The van der Waals surface area contributed by atoms with Crippen LogP contribution in [-0.4, -0.2) is 15.0 Å². The van der Waals surface area contributed by atoms with Gasteiger partial charge >= 0.3 is 0 Å². The Bertz CT molecular complexity index is 1880. The van der Waals surface area contributed by atoms with E-state index in [2.05, 4.69) is 89.5 Å². The van der Waals surface area contributed by atoms with E-state index in [0.717, 1.165) is 27.7 Å². The molecule has 0 fully saturated rings. The van der Waals surface area contributed by atoms with Crippen LogP contribution in [0.1, 0.15) is 11.1 Å². The maximum absolute atomic E-state index is 4.65. The predicted molar refractivity (Wildman–Crippen MR) is 157 cm³/mol. The summed E-state index contributed by atoms with van der Waals surface area (Å²) in [6.07, 6.45) is 3.69. The van der Waals surface area contributed by atoms with Crippen LogP contribution in [0.4, 0.5) is 0 Å². The molecule has 2 heterocycles. The number of rotatable bonds is 2. The van der Waals surface area contributed by atoms with Crippen molar-refractivity contribution in [3.63, 3.8) is 0 Å². The SMILES string of the molecule is Cc1cc(C)c2c[c-]c(-c3ccccn3)cc2c1.[Ir].[c-]1ccccc1-c1ncc2cc3ccccc3cc2n1. The van der Waals surface area contributed by atoms with Crippen molar-refractivity contribution >= 4 is 32.4 Å². The summed E-state index contributed by atoms with van der Waals surface area (Å²) in [4.78, 5) is 13.5.